The van der Waals surface area contributed by atoms with E-state index in [1.807, 2.05) is 7.05 Å². The van der Waals surface area contributed by atoms with Crippen LogP contribution in [0.2, 0.25) is 0 Å². The Kier molecular flexibility index (Phi) is 3.64. The third-order valence-corrected chi connectivity index (χ3v) is 5.78. The Morgan fingerprint density at radius 1 is 1.38 bits per heavy atom. The maximum Gasteiger partial charge on any atom is 0.243 e. The minimum atomic E-state index is -3.71. The highest BCUT2D eigenvalue weighted by atomic mass is 32.2. The molecule has 0 amide bonds. The van der Waals surface area contributed by atoms with Gasteiger partial charge >= 0.3 is 0 Å². The summed E-state index contributed by atoms with van der Waals surface area (Å²) in [5.41, 5.74) is 0. The van der Waals surface area contributed by atoms with Gasteiger partial charge in [-0.3, -0.25) is 4.98 Å². The molecule has 1 aromatic heterocycles. The summed E-state index contributed by atoms with van der Waals surface area (Å²) in [5.74, 6) is -0.615. The Morgan fingerprint density at radius 2 is 2.19 bits per heavy atom. The molecule has 0 spiro atoms. The number of likely N-dealkylation sites (N-methyl/N-ethyl adjacent to an activating group) is 1. The lowest BCUT2D eigenvalue weighted by atomic mass is 10.2. The average molecular weight is 309 g/mol. The second-order valence-electron chi connectivity index (χ2n) is 5.11. The number of hydrogen-bond donors (Lipinski definition) is 1. The Bertz CT molecular complexity index is 774. The van der Waals surface area contributed by atoms with Crippen molar-refractivity contribution in [1.29, 1.82) is 0 Å². The van der Waals surface area contributed by atoms with Crippen LogP contribution in [-0.2, 0) is 10.0 Å². The lowest BCUT2D eigenvalue weighted by Crippen LogP contribution is -2.33. The molecule has 0 saturated carbocycles. The predicted molar refractivity (Wildman–Crippen MR) is 77.9 cm³/mol. The van der Waals surface area contributed by atoms with E-state index in [1.54, 1.807) is 12.1 Å². The van der Waals surface area contributed by atoms with Crippen LogP contribution in [0.25, 0.3) is 10.8 Å². The number of pyridine rings is 1. The van der Waals surface area contributed by atoms with Crippen LogP contribution in [0.5, 0.6) is 0 Å². The van der Waals surface area contributed by atoms with Gasteiger partial charge in [0, 0.05) is 36.1 Å². The summed E-state index contributed by atoms with van der Waals surface area (Å²) in [4.78, 5) is 3.78. The molecule has 0 bridgehead atoms. The molecule has 1 atom stereocenters. The summed E-state index contributed by atoms with van der Waals surface area (Å²) < 4.78 is 41.0. The molecule has 0 unspecified atom stereocenters. The van der Waals surface area contributed by atoms with E-state index in [-0.39, 0.29) is 16.3 Å². The fraction of sp³-hybridized carbons (Fsp3) is 0.357. The molecule has 3 rings (SSSR count). The molecule has 1 aliphatic rings. The monoisotopic (exact) mass is 309 g/mol. The van der Waals surface area contributed by atoms with Crippen molar-refractivity contribution < 1.29 is 12.8 Å². The van der Waals surface area contributed by atoms with Crippen molar-refractivity contribution >= 4 is 20.8 Å². The Balaban J connectivity index is 2.12. The number of benzene rings is 1. The second-order valence-corrected chi connectivity index (χ2v) is 7.02. The van der Waals surface area contributed by atoms with E-state index in [2.05, 4.69) is 10.3 Å². The van der Waals surface area contributed by atoms with E-state index in [9.17, 15) is 12.8 Å². The van der Waals surface area contributed by atoms with Gasteiger partial charge in [-0.05, 0) is 19.5 Å². The number of sulfonamides is 1. The Hall–Kier alpha value is -1.57. The second kappa shape index (κ2) is 5.32. The molecule has 0 radical (unpaired) electrons. The maximum absolute atomic E-state index is 14.0. The minimum Gasteiger partial charge on any atom is -0.316 e. The minimum absolute atomic E-state index is 0.0108. The number of rotatable bonds is 3. The first-order valence-electron chi connectivity index (χ1n) is 6.73. The van der Waals surface area contributed by atoms with Crippen LogP contribution in [0.1, 0.15) is 6.42 Å². The summed E-state index contributed by atoms with van der Waals surface area (Å²) in [5, 5.41) is 3.67. The molecule has 0 aliphatic carbocycles. The lowest BCUT2D eigenvalue weighted by molar-refractivity contribution is 0.465. The SMILES string of the molecule is CN[C@H]1CCN(S(=O)(=O)c2cccc3cncc(F)c23)C1. The first kappa shape index (κ1) is 14.4. The molecule has 5 nitrogen and oxygen atoms in total. The molecule has 21 heavy (non-hydrogen) atoms. The van der Waals surface area contributed by atoms with E-state index in [1.165, 1.54) is 16.6 Å². The van der Waals surface area contributed by atoms with Crippen molar-refractivity contribution in [3.63, 3.8) is 0 Å². The summed E-state index contributed by atoms with van der Waals surface area (Å²) in [6, 6.07) is 4.86. The third-order valence-electron chi connectivity index (χ3n) is 3.88. The molecule has 112 valence electrons. The summed E-state index contributed by atoms with van der Waals surface area (Å²) in [6.07, 6.45) is 3.27. The van der Waals surface area contributed by atoms with Gasteiger partial charge in [0.05, 0.1) is 11.1 Å². The van der Waals surface area contributed by atoms with Crippen LogP contribution in [0.3, 0.4) is 0 Å². The largest absolute Gasteiger partial charge is 0.316 e. The first-order chi connectivity index (χ1) is 10.0. The molecule has 1 aliphatic heterocycles. The zero-order chi connectivity index (χ0) is 15.0. The molecule has 7 heteroatoms. The maximum atomic E-state index is 14.0. The summed E-state index contributed by atoms with van der Waals surface area (Å²) in [7, 11) is -1.90. The van der Waals surface area contributed by atoms with Crippen molar-refractivity contribution in [3.8, 4) is 0 Å². The van der Waals surface area contributed by atoms with Crippen LogP contribution < -0.4 is 5.32 Å². The Morgan fingerprint density at radius 3 is 2.90 bits per heavy atom. The molecule has 2 heterocycles. The fourth-order valence-corrected chi connectivity index (χ4v) is 4.42. The van der Waals surface area contributed by atoms with Crippen LogP contribution in [-0.4, -0.2) is 43.9 Å². The van der Waals surface area contributed by atoms with Gasteiger partial charge in [-0.1, -0.05) is 12.1 Å². The Labute approximate surface area is 122 Å². The summed E-state index contributed by atoms with van der Waals surface area (Å²) in [6.45, 7) is 0.846. The van der Waals surface area contributed by atoms with Gasteiger partial charge in [-0.15, -0.1) is 0 Å². The highest BCUT2D eigenvalue weighted by Crippen LogP contribution is 2.29. The van der Waals surface area contributed by atoms with Crippen molar-refractivity contribution in [2.45, 2.75) is 17.4 Å². The third kappa shape index (κ3) is 2.41. The van der Waals surface area contributed by atoms with E-state index < -0.39 is 15.8 Å². The van der Waals surface area contributed by atoms with Crippen molar-refractivity contribution in [1.82, 2.24) is 14.6 Å². The number of halogens is 1. The van der Waals surface area contributed by atoms with Crippen LogP contribution in [0, 0.1) is 5.82 Å². The molecular weight excluding hydrogens is 293 g/mol. The topological polar surface area (TPSA) is 62.3 Å². The van der Waals surface area contributed by atoms with Crippen LogP contribution in [0.4, 0.5) is 4.39 Å². The quantitative estimate of drug-likeness (QED) is 0.930. The normalized spacial score (nSPS) is 20.2. The molecule has 1 saturated heterocycles. The van der Waals surface area contributed by atoms with Crippen molar-refractivity contribution in [3.05, 3.63) is 36.4 Å². The smallest absolute Gasteiger partial charge is 0.243 e. The van der Waals surface area contributed by atoms with E-state index in [0.717, 1.165) is 12.6 Å². The zero-order valence-corrected chi connectivity index (χ0v) is 12.4. The van der Waals surface area contributed by atoms with Gasteiger partial charge in [0.15, 0.2) is 5.82 Å². The fourth-order valence-electron chi connectivity index (χ4n) is 2.70. The van der Waals surface area contributed by atoms with Gasteiger partial charge in [-0.2, -0.15) is 4.31 Å². The van der Waals surface area contributed by atoms with Crippen LogP contribution in [0.15, 0.2) is 35.5 Å². The number of fused-ring (bicyclic) bond motifs is 1. The van der Waals surface area contributed by atoms with Gasteiger partial charge in [0.1, 0.15) is 0 Å². The number of nitrogens with zero attached hydrogens (tertiary/aromatic N) is 2. The van der Waals surface area contributed by atoms with Gasteiger partial charge in [0.2, 0.25) is 10.0 Å². The van der Waals surface area contributed by atoms with E-state index in [4.69, 9.17) is 0 Å². The van der Waals surface area contributed by atoms with E-state index in [0.29, 0.717) is 18.5 Å². The lowest BCUT2D eigenvalue weighted by Gasteiger charge is -2.18. The number of aromatic nitrogens is 1. The van der Waals surface area contributed by atoms with Gasteiger partial charge in [-0.25, -0.2) is 12.8 Å². The average Bonchev–Trinajstić information content (AvgIpc) is 2.97. The highest BCUT2D eigenvalue weighted by molar-refractivity contribution is 7.89. The molecular formula is C14H16FN3O2S. The van der Waals surface area contributed by atoms with Crippen molar-refractivity contribution in [2.24, 2.45) is 0 Å². The molecule has 2 aromatic rings. The zero-order valence-electron chi connectivity index (χ0n) is 11.6. The predicted octanol–water partition coefficient (Wildman–Crippen LogP) is 1.36. The molecule has 1 aromatic carbocycles. The van der Waals surface area contributed by atoms with Gasteiger partial charge < -0.3 is 5.32 Å². The summed E-state index contributed by atoms with van der Waals surface area (Å²) >= 11 is 0. The van der Waals surface area contributed by atoms with Crippen molar-refractivity contribution in [2.75, 3.05) is 20.1 Å². The standard InChI is InChI=1S/C14H16FN3O2S/c1-16-11-5-6-18(9-11)21(19,20)13-4-2-3-10-7-17-8-12(15)14(10)13/h2-4,7-8,11,16H,5-6,9H2,1H3/t11-/m0/s1. The molecule has 1 fully saturated rings. The molecule has 1 N–H and O–H groups in total. The first-order valence-corrected chi connectivity index (χ1v) is 8.17. The highest BCUT2D eigenvalue weighted by Gasteiger charge is 2.33. The number of nitrogens with one attached hydrogen (secondary N) is 1. The van der Waals surface area contributed by atoms with Crippen LogP contribution >= 0.6 is 0 Å². The number of hydrogen-bond acceptors (Lipinski definition) is 4. The van der Waals surface area contributed by atoms with Gasteiger partial charge in [0.25, 0.3) is 0 Å². The van der Waals surface area contributed by atoms with E-state index >= 15 is 0 Å².